The van der Waals surface area contributed by atoms with Crippen molar-refractivity contribution in [2.45, 2.75) is 57.1 Å². The topological polar surface area (TPSA) is 93.4 Å². The van der Waals surface area contributed by atoms with Gasteiger partial charge >= 0.3 is 0 Å². The summed E-state index contributed by atoms with van der Waals surface area (Å²) in [4.78, 5) is 2.10. The van der Waals surface area contributed by atoms with Crippen LogP contribution in [0.5, 0.6) is 5.75 Å². The molecule has 0 saturated carbocycles. The van der Waals surface area contributed by atoms with Gasteiger partial charge in [0, 0.05) is 13.1 Å². The van der Waals surface area contributed by atoms with Crippen LogP contribution in [0, 0.1) is 6.92 Å². The number of β-amino-alcohol motifs (C(OH)–C–C–N with tert-alkyl or cyclic N) is 1. The van der Waals surface area contributed by atoms with Gasteiger partial charge in [0.15, 0.2) is 0 Å². The summed E-state index contributed by atoms with van der Waals surface area (Å²) in [5.74, 6) is 0.674. The molecule has 0 aliphatic carbocycles. The molecule has 6 nitrogen and oxygen atoms in total. The lowest BCUT2D eigenvalue weighted by Gasteiger charge is -2.31. The van der Waals surface area contributed by atoms with Crippen molar-refractivity contribution in [3.63, 3.8) is 0 Å². The number of hydrogen-bond acceptors (Lipinski definition) is 6. The highest BCUT2D eigenvalue weighted by Crippen LogP contribution is 2.22. The number of benzene rings is 2. The van der Waals surface area contributed by atoms with Crippen LogP contribution in [-0.2, 0) is 13.0 Å². The third-order valence-corrected chi connectivity index (χ3v) is 5.79. The molecular weight excluding hydrogens is 382 g/mol. The summed E-state index contributed by atoms with van der Waals surface area (Å²) in [6.45, 7) is 3.50. The SMILES string of the molecule is Cc1ccccc1CN1CCCCc2ccccc2OC[C@@H](O)[C@@H](O)[C@H](O)[C@@H](O)C1. The third kappa shape index (κ3) is 6.03. The van der Waals surface area contributed by atoms with E-state index < -0.39 is 24.4 Å². The van der Waals surface area contributed by atoms with Gasteiger partial charge in [-0.05, 0) is 55.5 Å². The molecule has 1 aliphatic heterocycles. The Bertz CT molecular complexity index is 799. The fraction of sp³-hybridized carbons (Fsp3) is 0.500. The first-order chi connectivity index (χ1) is 14.5. The molecule has 3 rings (SSSR count). The zero-order chi connectivity index (χ0) is 21.5. The summed E-state index contributed by atoms with van der Waals surface area (Å²) in [6, 6.07) is 15.8. The Morgan fingerprint density at radius 2 is 1.60 bits per heavy atom. The maximum absolute atomic E-state index is 10.5. The molecule has 0 aromatic heterocycles. The molecule has 0 amide bonds. The van der Waals surface area contributed by atoms with Crippen LogP contribution in [-0.4, -0.2) is 69.4 Å². The standard InChI is InChI=1S/C24H33NO5/c1-17-8-2-3-11-19(17)14-25-13-7-6-10-18-9-4-5-12-22(18)30-16-21(27)24(29)23(28)20(26)15-25/h2-5,8-9,11-12,20-21,23-24,26-29H,6-7,10,13-16H2,1H3/t20-,21+,23+,24+/m0/s1. The number of rotatable bonds is 2. The molecule has 4 atom stereocenters. The van der Waals surface area contributed by atoms with Crippen LogP contribution in [0.2, 0.25) is 0 Å². The molecule has 1 aliphatic rings. The van der Waals surface area contributed by atoms with Gasteiger partial charge in [0.2, 0.25) is 0 Å². The van der Waals surface area contributed by atoms with E-state index in [4.69, 9.17) is 4.74 Å². The number of aryl methyl sites for hydroxylation is 2. The van der Waals surface area contributed by atoms with Crippen molar-refractivity contribution in [3.8, 4) is 5.75 Å². The van der Waals surface area contributed by atoms with Gasteiger partial charge in [-0.25, -0.2) is 0 Å². The van der Waals surface area contributed by atoms with Gasteiger partial charge in [-0.1, -0.05) is 42.5 Å². The summed E-state index contributed by atoms with van der Waals surface area (Å²) in [6.07, 6.45) is -2.75. The van der Waals surface area contributed by atoms with Crippen LogP contribution < -0.4 is 4.74 Å². The van der Waals surface area contributed by atoms with Gasteiger partial charge < -0.3 is 25.2 Å². The zero-order valence-electron chi connectivity index (χ0n) is 17.5. The smallest absolute Gasteiger partial charge is 0.122 e. The highest BCUT2D eigenvalue weighted by atomic mass is 16.5. The number of aliphatic hydroxyl groups excluding tert-OH is 4. The second-order valence-electron chi connectivity index (χ2n) is 8.15. The van der Waals surface area contributed by atoms with E-state index in [0.717, 1.165) is 31.4 Å². The molecule has 0 bridgehead atoms. The number of ether oxygens (including phenoxy) is 1. The summed E-state index contributed by atoms with van der Waals surface area (Å²) in [5.41, 5.74) is 3.40. The van der Waals surface area contributed by atoms with Crippen LogP contribution in [0.1, 0.15) is 29.5 Å². The molecule has 0 saturated heterocycles. The van der Waals surface area contributed by atoms with E-state index in [9.17, 15) is 20.4 Å². The quantitative estimate of drug-likeness (QED) is 0.596. The average molecular weight is 416 g/mol. The minimum Gasteiger partial charge on any atom is -0.491 e. The maximum Gasteiger partial charge on any atom is 0.122 e. The second kappa shape index (κ2) is 10.9. The highest BCUT2D eigenvalue weighted by Gasteiger charge is 2.32. The maximum atomic E-state index is 10.5. The molecule has 2 aromatic rings. The fourth-order valence-corrected chi connectivity index (χ4v) is 3.87. The minimum absolute atomic E-state index is 0.158. The Morgan fingerprint density at radius 3 is 2.40 bits per heavy atom. The Labute approximate surface area is 178 Å². The number of nitrogens with zero attached hydrogens (tertiary/aromatic N) is 1. The number of para-hydroxylation sites is 1. The molecule has 6 heteroatoms. The predicted molar refractivity (Wildman–Crippen MR) is 115 cm³/mol. The first kappa shape index (κ1) is 22.7. The van der Waals surface area contributed by atoms with E-state index in [1.54, 1.807) is 0 Å². The molecule has 4 N–H and O–H groups in total. The van der Waals surface area contributed by atoms with E-state index in [1.165, 1.54) is 11.1 Å². The van der Waals surface area contributed by atoms with Crippen molar-refractivity contribution in [1.29, 1.82) is 0 Å². The number of aliphatic hydroxyl groups is 4. The van der Waals surface area contributed by atoms with Gasteiger partial charge in [-0.2, -0.15) is 0 Å². The molecule has 30 heavy (non-hydrogen) atoms. The molecule has 1 heterocycles. The summed E-state index contributed by atoms with van der Waals surface area (Å²) < 4.78 is 5.70. The summed E-state index contributed by atoms with van der Waals surface area (Å²) >= 11 is 0. The van der Waals surface area contributed by atoms with E-state index in [2.05, 4.69) is 24.0 Å². The van der Waals surface area contributed by atoms with Crippen molar-refractivity contribution in [2.24, 2.45) is 0 Å². The molecular formula is C24H33NO5. The lowest BCUT2D eigenvalue weighted by molar-refractivity contribution is -0.118. The fourth-order valence-electron chi connectivity index (χ4n) is 3.87. The molecule has 0 unspecified atom stereocenters. The largest absolute Gasteiger partial charge is 0.491 e. The highest BCUT2D eigenvalue weighted by molar-refractivity contribution is 5.33. The van der Waals surface area contributed by atoms with Gasteiger partial charge in [-0.15, -0.1) is 0 Å². The van der Waals surface area contributed by atoms with Crippen LogP contribution in [0.15, 0.2) is 48.5 Å². The lowest BCUT2D eigenvalue weighted by Crippen LogP contribution is -2.50. The van der Waals surface area contributed by atoms with Gasteiger partial charge in [0.1, 0.15) is 30.7 Å². The van der Waals surface area contributed by atoms with Crippen molar-refractivity contribution in [3.05, 3.63) is 65.2 Å². The van der Waals surface area contributed by atoms with Crippen LogP contribution in [0.4, 0.5) is 0 Å². The number of hydrogen-bond donors (Lipinski definition) is 4. The first-order valence-corrected chi connectivity index (χ1v) is 10.7. The van der Waals surface area contributed by atoms with E-state index >= 15 is 0 Å². The number of fused-ring (bicyclic) bond motifs is 1. The Hall–Kier alpha value is -1.96. The van der Waals surface area contributed by atoms with Crippen LogP contribution in [0.25, 0.3) is 0 Å². The van der Waals surface area contributed by atoms with Crippen LogP contribution >= 0.6 is 0 Å². The van der Waals surface area contributed by atoms with Gasteiger partial charge in [0.25, 0.3) is 0 Å². The van der Waals surface area contributed by atoms with Gasteiger partial charge in [0.05, 0.1) is 6.10 Å². The first-order valence-electron chi connectivity index (χ1n) is 10.7. The normalized spacial score (nSPS) is 27.0. The van der Waals surface area contributed by atoms with Gasteiger partial charge in [-0.3, -0.25) is 4.90 Å². The van der Waals surface area contributed by atoms with E-state index in [0.29, 0.717) is 12.3 Å². The Morgan fingerprint density at radius 1 is 0.900 bits per heavy atom. The van der Waals surface area contributed by atoms with Crippen LogP contribution in [0.3, 0.4) is 0 Å². The van der Waals surface area contributed by atoms with Crippen molar-refractivity contribution in [1.82, 2.24) is 4.90 Å². The third-order valence-electron chi connectivity index (χ3n) is 5.79. The summed E-state index contributed by atoms with van der Waals surface area (Å²) in [5, 5.41) is 41.6. The molecule has 0 spiro atoms. The second-order valence-corrected chi connectivity index (χ2v) is 8.15. The van der Waals surface area contributed by atoms with E-state index in [-0.39, 0.29) is 13.2 Å². The predicted octanol–water partition coefficient (Wildman–Crippen LogP) is 1.66. The Balaban J connectivity index is 1.78. The molecule has 0 radical (unpaired) electrons. The van der Waals surface area contributed by atoms with E-state index in [1.807, 2.05) is 36.4 Å². The van der Waals surface area contributed by atoms with Crippen molar-refractivity contribution >= 4 is 0 Å². The molecule has 0 fully saturated rings. The zero-order valence-corrected chi connectivity index (χ0v) is 17.5. The van der Waals surface area contributed by atoms with Crippen molar-refractivity contribution in [2.75, 3.05) is 19.7 Å². The Kier molecular flexibility index (Phi) is 8.24. The minimum atomic E-state index is -1.50. The summed E-state index contributed by atoms with van der Waals surface area (Å²) in [7, 11) is 0. The lowest BCUT2D eigenvalue weighted by atomic mass is 10.0. The molecule has 2 aromatic carbocycles. The average Bonchev–Trinajstić information content (AvgIpc) is 2.75. The molecule has 164 valence electrons. The van der Waals surface area contributed by atoms with Crippen molar-refractivity contribution < 1.29 is 25.2 Å². The monoisotopic (exact) mass is 415 g/mol.